The molecule has 1 amide bonds. The summed E-state index contributed by atoms with van der Waals surface area (Å²) < 4.78 is 0.767. The molecule has 0 atom stereocenters. The van der Waals surface area contributed by atoms with E-state index in [1.807, 2.05) is 11.9 Å². The fourth-order valence-electron chi connectivity index (χ4n) is 2.77. The van der Waals surface area contributed by atoms with Gasteiger partial charge in [-0.25, -0.2) is 0 Å². The molecule has 20 heavy (non-hydrogen) atoms. The van der Waals surface area contributed by atoms with Crippen LogP contribution < -0.4 is 0 Å². The van der Waals surface area contributed by atoms with Crippen LogP contribution in [0.1, 0.15) is 49.9 Å². The lowest BCUT2D eigenvalue weighted by molar-refractivity contribution is 0.0635. The second-order valence-electron chi connectivity index (χ2n) is 6.44. The van der Waals surface area contributed by atoms with Crippen molar-refractivity contribution in [2.24, 2.45) is 5.41 Å². The van der Waals surface area contributed by atoms with Crippen molar-refractivity contribution in [2.45, 2.75) is 45.6 Å². The average Bonchev–Trinajstić information content (AvgIpc) is 2.40. The first-order valence-electron chi connectivity index (χ1n) is 7.02. The summed E-state index contributed by atoms with van der Waals surface area (Å²) in [4.78, 5) is 14.4. The van der Waals surface area contributed by atoms with Crippen LogP contribution in [0.3, 0.4) is 0 Å². The summed E-state index contributed by atoms with van der Waals surface area (Å²) in [6, 6.07) is 5.70. The zero-order valence-electron chi connectivity index (χ0n) is 12.2. The van der Waals surface area contributed by atoms with E-state index in [0.29, 0.717) is 22.0 Å². The van der Waals surface area contributed by atoms with E-state index in [2.05, 4.69) is 29.8 Å². The molecule has 1 saturated carbocycles. The summed E-state index contributed by atoms with van der Waals surface area (Å²) >= 11 is 9.34. The molecule has 0 aliphatic heterocycles. The van der Waals surface area contributed by atoms with E-state index in [0.717, 1.165) is 17.3 Å². The Labute approximate surface area is 134 Å². The predicted molar refractivity (Wildman–Crippen MR) is 87.3 cm³/mol. The fraction of sp³-hybridized carbons (Fsp3) is 0.562. The molecule has 1 fully saturated rings. The third-order valence-electron chi connectivity index (χ3n) is 4.34. The highest BCUT2D eigenvalue weighted by Crippen LogP contribution is 2.37. The van der Waals surface area contributed by atoms with Gasteiger partial charge >= 0.3 is 0 Å². The number of hydrogen-bond donors (Lipinski definition) is 0. The molecule has 0 spiro atoms. The van der Waals surface area contributed by atoms with Crippen molar-refractivity contribution in [1.29, 1.82) is 0 Å². The first-order chi connectivity index (χ1) is 9.30. The Morgan fingerprint density at radius 1 is 1.35 bits per heavy atom. The molecule has 0 saturated heterocycles. The van der Waals surface area contributed by atoms with Crippen LogP contribution in [0.5, 0.6) is 0 Å². The van der Waals surface area contributed by atoms with E-state index in [9.17, 15) is 4.79 Å². The minimum Gasteiger partial charge on any atom is -0.339 e. The van der Waals surface area contributed by atoms with Gasteiger partial charge in [-0.1, -0.05) is 25.4 Å². The van der Waals surface area contributed by atoms with Crippen LogP contribution in [0.25, 0.3) is 0 Å². The Morgan fingerprint density at radius 2 is 1.95 bits per heavy atom. The number of hydrogen-bond acceptors (Lipinski definition) is 1. The molecule has 1 aliphatic carbocycles. The summed E-state index contributed by atoms with van der Waals surface area (Å²) in [5, 5.41) is 0.628. The molecule has 1 aromatic rings. The van der Waals surface area contributed by atoms with Crippen molar-refractivity contribution in [2.75, 3.05) is 7.05 Å². The third-order valence-corrected chi connectivity index (χ3v) is 5.56. The average molecular weight is 359 g/mol. The molecule has 2 nitrogen and oxygen atoms in total. The van der Waals surface area contributed by atoms with E-state index in [1.54, 1.807) is 18.2 Å². The predicted octanol–water partition coefficient (Wildman–Crippen LogP) is 5.14. The largest absolute Gasteiger partial charge is 0.339 e. The second kappa shape index (κ2) is 6.07. The molecule has 2 rings (SSSR count). The van der Waals surface area contributed by atoms with Gasteiger partial charge in [0.05, 0.1) is 5.02 Å². The van der Waals surface area contributed by atoms with Gasteiger partial charge in [-0.05, 0) is 65.2 Å². The minimum atomic E-state index is 0.0760. The number of amides is 1. The van der Waals surface area contributed by atoms with Gasteiger partial charge in [-0.15, -0.1) is 0 Å². The molecule has 4 heteroatoms. The summed E-state index contributed by atoms with van der Waals surface area (Å²) in [5.74, 6) is 0.0760. The zero-order valence-corrected chi connectivity index (χ0v) is 14.6. The second-order valence-corrected chi connectivity index (χ2v) is 7.70. The monoisotopic (exact) mass is 357 g/mol. The summed E-state index contributed by atoms with van der Waals surface area (Å²) in [7, 11) is 1.91. The van der Waals surface area contributed by atoms with Gasteiger partial charge < -0.3 is 4.90 Å². The molecule has 0 unspecified atom stereocenters. The standard InChI is InChI=1S/C16H21BrClNO/c1-16(2)8-6-12(7-9-16)19(3)15(20)11-4-5-14(18)13(17)10-11/h4-5,10,12H,6-9H2,1-3H3. The van der Waals surface area contributed by atoms with E-state index < -0.39 is 0 Å². The molecular weight excluding hydrogens is 338 g/mol. The number of rotatable bonds is 2. The highest BCUT2D eigenvalue weighted by Gasteiger charge is 2.30. The quantitative estimate of drug-likeness (QED) is 0.716. The topological polar surface area (TPSA) is 20.3 Å². The van der Waals surface area contributed by atoms with Gasteiger partial charge in [0.1, 0.15) is 0 Å². The minimum absolute atomic E-state index is 0.0760. The molecule has 110 valence electrons. The maximum absolute atomic E-state index is 12.5. The van der Waals surface area contributed by atoms with Crippen LogP contribution >= 0.6 is 27.5 Å². The molecule has 1 aliphatic rings. The number of carbonyl (C=O) groups excluding carboxylic acids is 1. The highest BCUT2D eigenvalue weighted by atomic mass is 79.9. The van der Waals surface area contributed by atoms with Gasteiger partial charge in [0.15, 0.2) is 0 Å². The molecule has 0 N–H and O–H groups in total. The zero-order chi connectivity index (χ0) is 14.9. The van der Waals surface area contributed by atoms with Crippen LogP contribution in [0.15, 0.2) is 22.7 Å². The van der Waals surface area contributed by atoms with Crippen LogP contribution in [0.4, 0.5) is 0 Å². The summed E-state index contributed by atoms with van der Waals surface area (Å²) in [6.07, 6.45) is 4.53. The maximum atomic E-state index is 12.5. The van der Waals surface area contributed by atoms with Crippen LogP contribution in [0.2, 0.25) is 5.02 Å². The number of carbonyl (C=O) groups is 1. The van der Waals surface area contributed by atoms with Gasteiger partial charge in [-0.3, -0.25) is 4.79 Å². The van der Waals surface area contributed by atoms with Gasteiger partial charge in [0.2, 0.25) is 0 Å². The lowest BCUT2D eigenvalue weighted by Crippen LogP contribution is -2.40. The van der Waals surface area contributed by atoms with Crippen molar-refractivity contribution in [3.8, 4) is 0 Å². The fourth-order valence-corrected chi connectivity index (χ4v) is 3.27. The van der Waals surface area contributed by atoms with Crippen molar-refractivity contribution >= 4 is 33.4 Å². The number of benzene rings is 1. The Balaban J connectivity index is 2.07. The highest BCUT2D eigenvalue weighted by molar-refractivity contribution is 9.10. The molecule has 0 bridgehead atoms. The number of nitrogens with zero attached hydrogens (tertiary/aromatic N) is 1. The first kappa shape index (κ1) is 15.8. The van der Waals surface area contributed by atoms with Crippen molar-refractivity contribution in [1.82, 2.24) is 4.90 Å². The smallest absolute Gasteiger partial charge is 0.253 e. The summed E-state index contributed by atoms with van der Waals surface area (Å²) in [5.41, 5.74) is 1.11. The van der Waals surface area contributed by atoms with Gasteiger partial charge in [-0.2, -0.15) is 0 Å². The molecule has 0 heterocycles. The van der Waals surface area contributed by atoms with E-state index in [-0.39, 0.29) is 5.91 Å². The lowest BCUT2D eigenvalue weighted by Gasteiger charge is -2.38. The van der Waals surface area contributed by atoms with Crippen molar-refractivity contribution < 1.29 is 4.79 Å². The van der Waals surface area contributed by atoms with Crippen LogP contribution in [-0.2, 0) is 0 Å². The van der Waals surface area contributed by atoms with Crippen molar-refractivity contribution in [3.05, 3.63) is 33.3 Å². The Hall–Kier alpha value is -0.540. The Morgan fingerprint density at radius 3 is 2.50 bits per heavy atom. The van der Waals surface area contributed by atoms with Gasteiger partial charge in [0.25, 0.3) is 5.91 Å². The van der Waals surface area contributed by atoms with E-state index >= 15 is 0 Å². The normalized spacial score (nSPS) is 18.9. The van der Waals surface area contributed by atoms with Crippen LogP contribution in [0, 0.1) is 5.41 Å². The molecular formula is C16H21BrClNO. The Bertz CT molecular complexity index is 505. The van der Waals surface area contributed by atoms with E-state index in [1.165, 1.54) is 12.8 Å². The SMILES string of the molecule is CN(C(=O)c1ccc(Cl)c(Br)c1)C1CCC(C)(C)CC1. The van der Waals surface area contributed by atoms with Crippen LogP contribution in [-0.4, -0.2) is 23.9 Å². The first-order valence-corrected chi connectivity index (χ1v) is 8.19. The van der Waals surface area contributed by atoms with Crippen molar-refractivity contribution in [3.63, 3.8) is 0 Å². The Kier molecular flexibility index (Phi) is 4.80. The maximum Gasteiger partial charge on any atom is 0.253 e. The third kappa shape index (κ3) is 3.56. The lowest BCUT2D eigenvalue weighted by atomic mass is 9.75. The van der Waals surface area contributed by atoms with E-state index in [4.69, 9.17) is 11.6 Å². The molecule has 0 radical (unpaired) electrons. The van der Waals surface area contributed by atoms with Gasteiger partial charge in [0, 0.05) is 23.1 Å². The number of halogens is 2. The molecule has 1 aromatic carbocycles. The summed E-state index contributed by atoms with van der Waals surface area (Å²) in [6.45, 7) is 4.61. The molecule has 0 aromatic heterocycles.